The van der Waals surface area contributed by atoms with Crippen LogP contribution in [0.3, 0.4) is 0 Å². The largest absolute Gasteiger partial charge is 0.354 e. The zero-order valence-electron chi connectivity index (χ0n) is 10.9. The van der Waals surface area contributed by atoms with Crippen LogP contribution in [-0.4, -0.2) is 47.3 Å². The zero-order valence-corrected chi connectivity index (χ0v) is 10.9. The van der Waals surface area contributed by atoms with E-state index in [1.807, 2.05) is 31.0 Å². The van der Waals surface area contributed by atoms with Gasteiger partial charge in [-0.1, -0.05) is 0 Å². The molecule has 5 heteroatoms. The van der Waals surface area contributed by atoms with E-state index < -0.39 is 0 Å². The Hall–Kier alpha value is -1.36. The summed E-state index contributed by atoms with van der Waals surface area (Å²) in [5, 5.41) is 6.97. The second-order valence-corrected chi connectivity index (χ2v) is 4.47. The van der Waals surface area contributed by atoms with Crippen LogP contribution >= 0.6 is 0 Å². The molecule has 0 aliphatic rings. The number of nitrogens with zero attached hydrogens (tertiary/aromatic N) is 3. The molecule has 0 spiro atoms. The van der Waals surface area contributed by atoms with Gasteiger partial charge in [-0.05, 0) is 33.5 Å². The first-order valence-electron chi connectivity index (χ1n) is 6.00. The topological polar surface area (TPSA) is 50.2 Å². The van der Waals surface area contributed by atoms with E-state index in [-0.39, 0.29) is 5.91 Å². The van der Waals surface area contributed by atoms with Crippen LogP contribution < -0.4 is 5.32 Å². The minimum Gasteiger partial charge on any atom is -0.354 e. The molecule has 1 aromatic heterocycles. The number of nitrogens with one attached hydrogen (secondary N) is 1. The second-order valence-electron chi connectivity index (χ2n) is 4.47. The van der Waals surface area contributed by atoms with Gasteiger partial charge in [0.15, 0.2) is 0 Å². The normalized spacial score (nSPS) is 12.7. The lowest BCUT2D eigenvalue weighted by molar-refractivity contribution is -0.121. The van der Waals surface area contributed by atoms with Gasteiger partial charge in [-0.3, -0.25) is 9.48 Å². The van der Waals surface area contributed by atoms with Crippen LogP contribution in [0.25, 0.3) is 0 Å². The van der Waals surface area contributed by atoms with Crippen LogP contribution in [0.15, 0.2) is 18.5 Å². The fourth-order valence-electron chi connectivity index (χ4n) is 1.43. The molecule has 1 atom stereocenters. The third-order valence-corrected chi connectivity index (χ3v) is 2.89. The maximum absolute atomic E-state index is 11.5. The highest BCUT2D eigenvalue weighted by molar-refractivity contribution is 5.75. The molecule has 0 saturated heterocycles. The highest BCUT2D eigenvalue weighted by Gasteiger charge is 2.07. The van der Waals surface area contributed by atoms with E-state index >= 15 is 0 Å². The number of carbonyl (C=O) groups is 1. The van der Waals surface area contributed by atoms with Crippen LogP contribution in [0.2, 0.25) is 0 Å². The summed E-state index contributed by atoms with van der Waals surface area (Å²) in [4.78, 5) is 13.7. The highest BCUT2D eigenvalue weighted by Crippen LogP contribution is 2.01. The summed E-state index contributed by atoms with van der Waals surface area (Å²) in [5.41, 5.74) is 0. The lowest BCUT2D eigenvalue weighted by atomic mass is 10.1. The monoisotopic (exact) mass is 238 g/mol. The summed E-state index contributed by atoms with van der Waals surface area (Å²) in [7, 11) is 4.06. The van der Waals surface area contributed by atoms with E-state index in [9.17, 15) is 4.79 Å². The summed E-state index contributed by atoms with van der Waals surface area (Å²) in [6, 6.07) is 2.31. The van der Waals surface area contributed by atoms with Crippen molar-refractivity contribution < 1.29 is 4.79 Å². The molecule has 1 N–H and O–H groups in total. The van der Waals surface area contributed by atoms with E-state index in [1.165, 1.54) is 0 Å². The molecule has 0 radical (unpaired) electrons. The first kappa shape index (κ1) is 13.7. The number of rotatable bonds is 7. The Morgan fingerprint density at radius 1 is 1.53 bits per heavy atom. The van der Waals surface area contributed by atoms with Crippen molar-refractivity contribution in [3.05, 3.63) is 18.5 Å². The van der Waals surface area contributed by atoms with E-state index in [1.54, 1.807) is 6.20 Å². The van der Waals surface area contributed by atoms with Crippen LogP contribution in [-0.2, 0) is 11.3 Å². The minimum atomic E-state index is 0.117. The molecule has 0 bridgehead atoms. The van der Waals surface area contributed by atoms with Crippen molar-refractivity contribution >= 4 is 5.91 Å². The molecule has 5 nitrogen and oxygen atoms in total. The van der Waals surface area contributed by atoms with E-state index in [0.717, 1.165) is 13.0 Å². The van der Waals surface area contributed by atoms with Crippen molar-refractivity contribution in [2.45, 2.75) is 32.4 Å². The van der Waals surface area contributed by atoms with Gasteiger partial charge >= 0.3 is 0 Å². The molecule has 1 unspecified atom stereocenters. The van der Waals surface area contributed by atoms with Gasteiger partial charge in [-0.25, -0.2) is 0 Å². The Morgan fingerprint density at radius 2 is 2.29 bits per heavy atom. The van der Waals surface area contributed by atoms with Crippen molar-refractivity contribution in [1.29, 1.82) is 0 Å². The Labute approximate surface area is 103 Å². The van der Waals surface area contributed by atoms with Crippen molar-refractivity contribution in [1.82, 2.24) is 20.0 Å². The highest BCUT2D eigenvalue weighted by atomic mass is 16.1. The predicted octanol–water partition coefficient (Wildman–Crippen LogP) is 0.730. The Bertz CT molecular complexity index is 321. The number of hydrogen-bond donors (Lipinski definition) is 1. The molecule has 96 valence electrons. The molecule has 0 aromatic carbocycles. The van der Waals surface area contributed by atoms with Crippen LogP contribution in [0, 0.1) is 0 Å². The predicted molar refractivity (Wildman–Crippen MR) is 67.6 cm³/mol. The number of hydrogen-bond acceptors (Lipinski definition) is 3. The fraction of sp³-hybridized carbons (Fsp3) is 0.667. The summed E-state index contributed by atoms with van der Waals surface area (Å²) < 4.78 is 1.81. The van der Waals surface area contributed by atoms with Gasteiger partial charge < -0.3 is 10.2 Å². The van der Waals surface area contributed by atoms with Crippen molar-refractivity contribution in [2.24, 2.45) is 0 Å². The van der Waals surface area contributed by atoms with Crippen molar-refractivity contribution in [2.75, 3.05) is 20.6 Å². The van der Waals surface area contributed by atoms with Gasteiger partial charge in [0.2, 0.25) is 5.91 Å². The van der Waals surface area contributed by atoms with E-state index in [2.05, 4.69) is 22.2 Å². The number of amides is 1. The van der Waals surface area contributed by atoms with Crippen molar-refractivity contribution in [3.8, 4) is 0 Å². The SMILES string of the molecule is CC(CCC(=O)NCCn1cccn1)N(C)C. The lowest BCUT2D eigenvalue weighted by Gasteiger charge is -2.19. The summed E-state index contributed by atoms with van der Waals surface area (Å²) in [6.07, 6.45) is 5.10. The maximum atomic E-state index is 11.5. The minimum absolute atomic E-state index is 0.117. The van der Waals surface area contributed by atoms with Gasteiger partial charge in [0, 0.05) is 31.4 Å². The zero-order chi connectivity index (χ0) is 12.7. The van der Waals surface area contributed by atoms with Crippen LogP contribution in [0.5, 0.6) is 0 Å². The average Bonchev–Trinajstić information content (AvgIpc) is 2.78. The molecule has 1 rings (SSSR count). The molecule has 1 aromatic rings. The molecular formula is C12H22N4O. The standard InChI is InChI=1S/C12H22N4O/c1-11(15(2)3)5-6-12(17)13-8-10-16-9-4-7-14-16/h4,7,9,11H,5-6,8,10H2,1-3H3,(H,13,17). The quantitative estimate of drug-likeness (QED) is 0.762. The molecule has 0 fully saturated rings. The summed E-state index contributed by atoms with van der Waals surface area (Å²) in [6.45, 7) is 3.48. The average molecular weight is 238 g/mol. The van der Waals surface area contributed by atoms with Gasteiger partial charge in [-0.2, -0.15) is 5.10 Å². The number of carbonyl (C=O) groups excluding carboxylic acids is 1. The summed E-state index contributed by atoms with van der Waals surface area (Å²) in [5.74, 6) is 0.117. The first-order valence-corrected chi connectivity index (χ1v) is 6.00. The van der Waals surface area contributed by atoms with Crippen LogP contribution in [0.1, 0.15) is 19.8 Å². The Kier molecular flexibility index (Phi) is 5.69. The molecule has 1 heterocycles. The number of aromatic nitrogens is 2. The smallest absolute Gasteiger partial charge is 0.220 e. The van der Waals surface area contributed by atoms with Gasteiger partial charge in [0.25, 0.3) is 0 Å². The third kappa shape index (κ3) is 5.49. The first-order chi connectivity index (χ1) is 8.09. The van der Waals surface area contributed by atoms with Crippen LogP contribution in [0.4, 0.5) is 0 Å². The summed E-state index contributed by atoms with van der Waals surface area (Å²) >= 11 is 0. The maximum Gasteiger partial charge on any atom is 0.220 e. The van der Waals surface area contributed by atoms with Gasteiger partial charge in [0.05, 0.1) is 6.54 Å². The van der Waals surface area contributed by atoms with Gasteiger partial charge in [0.1, 0.15) is 0 Å². The second kappa shape index (κ2) is 7.06. The third-order valence-electron chi connectivity index (χ3n) is 2.89. The lowest BCUT2D eigenvalue weighted by Crippen LogP contribution is -2.30. The van der Waals surface area contributed by atoms with E-state index in [4.69, 9.17) is 0 Å². The Balaban J connectivity index is 2.09. The molecule has 0 saturated carbocycles. The molecule has 0 aliphatic carbocycles. The van der Waals surface area contributed by atoms with Crippen molar-refractivity contribution in [3.63, 3.8) is 0 Å². The van der Waals surface area contributed by atoms with E-state index in [0.29, 0.717) is 19.0 Å². The Morgan fingerprint density at radius 3 is 2.88 bits per heavy atom. The fourth-order valence-corrected chi connectivity index (χ4v) is 1.43. The van der Waals surface area contributed by atoms with Gasteiger partial charge in [-0.15, -0.1) is 0 Å². The molecular weight excluding hydrogens is 216 g/mol. The molecule has 0 aliphatic heterocycles. The molecule has 17 heavy (non-hydrogen) atoms. The molecule has 1 amide bonds.